The van der Waals surface area contributed by atoms with E-state index in [0.29, 0.717) is 5.56 Å². The largest absolute Gasteiger partial charge is 0.289 e. The predicted octanol–water partition coefficient (Wildman–Crippen LogP) is 3.55. The summed E-state index contributed by atoms with van der Waals surface area (Å²) >= 11 is 0. The molecule has 0 saturated heterocycles. The van der Waals surface area contributed by atoms with E-state index < -0.39 is 0 Å². The molecule has 2 nitrogen and oxygen atoms in total. The van der Waals surface area contributed by atoms with Crippen LogP contribution in [-0.2, 0) is 0 Å². The maximum absolute atomic E-state index is 12.6. The van der Waals surface area contributed by atoms with E-state index in [-0.39, 0.29) is 5.78 Å². The lowest BCUT2D eigenvalue weighted by Gasteiger charge is -2.14. The summed E-state index contributed by atoms with van der Waals surface area (Å²) in [6.45, 7) is 8.10. The standard InChI is InChI=1S/C16H17NO/c1-10-8-11(2)13(4)15(12(10)3)16(18)14-6-5-7-17-9-14/h5-9H,1-4H3. The Balaban J connectivity index is 2.62. The number of hydrogen-bond acceptors (Lipinski definition) is 2. The highest BCUT2D eigenvalue weighted by Crippen LogP contribution is 2.24. The lowest BCUT2D eigenvalue weighted by Crippen LogP contribution is -2.09. The van der Waals surface area contributed by atoms with Gasteiger partial charge in [0.05, 0.1) is 0 Å². The Kier molecular flexibility index (Phi) is 3.28. The monoisotopic (exact) mass is 239 g/mol. The molecule has 2 heteroatoms. The van der Waals surface area contributed by atoms with Gasteiger partial charge in [-0.25, -0.2) is 0 Å². The van der Waals surface area contributed by atoms with Crippen molar-refractivity contribution in [2.45, 2.75) is 27.7 Å². The van der Waals surface area contributed by atoms with Gasteiger partial charge in [0.2, 0.25) is 0 Å². The first-order valence-corrected chi connectivity index (χ1v) is 6.04. The molecule has 0 atom stereocenters. The first-order chi connectivity index (χ1) is 8.52. The van der Waals surface area contributed by atoms with Gasteiger partial charge in [-0.05, 0) is 62.1 Å². The summed E-state index contributed by atoms with van der Waals surface area (Å²) in [6, 6.07) is 5.73. The Morgan fingerprint density at radius 1 is 1.06 bits per heavy atom. The molecule has 0 saturated carbocycles. The third-order valence-corrected chi connectivity index (χ3v) is 3.52. The zero-order valence-electron chi connectivity index (χ0n) is 11.2. The molecule has 0 fully saturated rings. The second-order valence-corrected chi connectivity index (χ2v) is 4.71. The second-order valence-electron chi connectivity index (χ2n) is 4.71. The highest BCUT2D eigenvalue weighted by molar-refractivity contribution is 6.11. The van der Waals surface area contributed by atoms with Gasteiger partial charge in [-0.3, -0.25) is 9.78 Å². The van der Waals surface area contributed by atoms with Crippen LogP contribution in [-0.4, -0.2) is 10.8 Å². The molecule has 92 valence electrons. The maximum Gasteiger partial charge on any atom is 0.195 e. The van der Waals surface area contributed by atoms with E-state index >= 15 is 0 Å². The van der Waals surface area contributed by atoms with Crippen LogP contribution in [0.5, 0.6) is 0 Å². The summed E-state index contributed by atoms with van der Waals surface area (Å²) < 4.78 is 0. The van der Waals surface area contributed by atoms with Crippen molar-refractivity contribution in [1.29, 1.82) is 0 Å². The summed E-state index contributed by atoms with van der Waals surface area (Å²) in [5.41, 5.74) is 5.91. The zero-order valence-corrected chi connectivity index (χ0v) is 11.2. The van der Waals surface area contributed by atoms with Gasteiger partial charge in [-0.1, -0.05) is 6.07 Å². The van der Waals surface area contributed by atoms with Crippen molar-refractivity contribution in [2.24, 2.45) is 0 Å². The van der Waals surface area contributed by atoms with Crippen LogP contribution in [0, 0.1) is 27.7 Å². The van der Waals surface area contributed by atoms with Gasteiger partial charge in [0.15, 0.2) is 5.78 Å². The number of nitrogens with zero attached hydrogens (tertiary/aromatic N) is 1. The van der Waals surface area contributed by atoms with Crippen LogP contribution < -0.4 is 0 Å². The number of carbonyl (C=O) groups is 1. The molecular formula is C16H17NO. The van der Waals surface area contributed by atoms with Crippen LogP contribution >= 0.6 is 0 Å². The first kappa shape index (κ1) is 12.5. The van der Waals surface area contributed by atoms with Crippen LogP contribution in [0.3, 0.4) is 0 Å². The van der Waals surface area contributed by atoms with Gasteiger partial charge in [0.25, 0.3) is 0 Å². The van der Waals surface area contributed by atoms with Gasteiger partial charge in [0.1, 0.15) is 0 Å². The Labute approximate surface area is 108 Å². The Morgan fingerprint density at radius 2 is 1.67 bits per heavy atom. The molecule has 1 aromatic heterocycles. The third kappa shape index (κ3) is 2.06. The fourth-order valence-corrected chi connectivity index (χ4v) is 2.20. The summed E-state index contributed by atoms with van der Waals surface area (Å²) in [4.78, 5) is 16.6. The molecule has 1 aromatic carbocycles. The zero-order chi connectivity index (χ0) is 13.3. The van der Waals surface area contributed by atoms with Crippen molar-refractivity contribution in [3.05, 3.63) is 64.0 Å². The Bertz CT molecular complexity index is 574. The van der Waals surface area contributed by atoms with E-state index in [4.69, 9.17) is 0 Å². The number of benzene rings is 1. The highest BCUT2D eigenvalue weighted by atomic mass is 16.1. The van der Waals surface area contributed by atoms with E-state index in [1.54, 1.807) is 18.5 Å². The topological polar surface area (TPSA) is 30.0 Å². The minimum absolute atomic E-state index is 0.0601. The van der Waals surface area contributed by atoms with E-state index in [9.17, 15) is 4.79 Å². The molecule has 2 rings (SSSR count). The number of aromatic nitrogens is 1. The van der Waals surface area contributed by atoms with Gasteiger partial charge in [-0.2, -0.15) is 0 Å². The molecule has 0 spiro atoms. The molecule has 0 amide bonds. The van der Waals surface area contributed by atoms with Crippen LogP contribution in [0.25, 0.3) is 0 Å². The smallest absolute Gasteiger partial charge is 0.195 e. The number of pyridine rings is 1. The first-order valence-electron chi connectivity index (χ1n) is 6.04. The van der Waals surface area contributed by atoms with Crippen molar-refractivity contribution < 1.29 is 4.79 Å². The third-order valence-electron chi connectivity index (χ3n) is 3.52. The normalized spacial score (nSPS) is 10.4. The van der Waals surface area contributed by atoms with E-state index in [1.807, 2.05) is 33.8 Å². The molecular weight excluding hydrogens is 222 g/mol. The SMILES string of the molecule is Cc1cc(C)c(C)c(C(=O)c2cccnc2)c1C. The molecule has 0 aliphatic carbocycles. The fourth-order valence-electron chi connectivity index (χ4n) is 2.20. The van der Waals surface area contributed by atoms with E-state index in [1.165, 1.54) is 0 Å². The second kappa shape index (κ2) is 4.73. The highest BCUT2D eigenvalue weighted by Gasteiger charge is 2.17. The molecule has 0 radical (unpaired) electrons. The lowest BCUT2D eigenvalue weighted by atomic mass is 9.90. The fraction of sp³-hybridized carbons (Fsp3) is 0.250. The van der Waals surface area contributed by atoms with Crippen molar-refractivity contribution in [1.82, 2.24) is 4.98 Å². The van der Waals surface area contributed by atoms with Gasteiger partial charge < -0.3 is 0 Å². The van der Waals surface area contributed by atoms with Crippen LogP contribution in [0.1, 0.15) is 38.2 Å². The van der Waals surface area contributed by atoms with Crippen molar-refractivity contribution in [3.8, 4) is 0 Å². The predicted molar refractivity (Wildman–Crippen MR) is 73.1 cm³/mol. The summed E-state index contributed by atoms with van der Waals surface area (Å²) in [5.74, 6) is 0.0601. The molecule has 0 aliphatic rings. The number of aryl methyl sites for hydroxylation is 2. The number of carbonyl (C=O) groups excluding carboxylic acids is 1. The lowest BCUT2D eigenvalue weighted by molar-refractivity contribution is 0.103. The van der Waals surface area contributed by atoms with Gasteiger partial charge in [0, 0.05) is 23.5 Å². The summed E-state index contributed by atoms with van der Waals surface area (Å²) in [5, 5.41) is 0. The van der Waals surface area contributed by atoms with Gasteiger partial charge in [-0.15, -0.1) is 0 Å². The minimum atomic E-state index is 0.0601. The average Bonchev–Trinajstić information content (AvgIpc) is 2.37. The van der Waals surface area contributed by atoms with E-state index in [2.05, 4.69) is 11.1 Å². The molecule has 1 heterocycles. The number of ketones is 1. The summed E-state index contributed by atoms with van der Waals surface area (Å²) in [6.07, 6.45) is 3.30. The average molecular weight is 239 g/mol. The van der Waals surface area contributed by atoms with Crippen LogP contribution in [0.2, 0.25) is 0 Å². The molecule has 0 unspecified atom stereocenters. The molecule has 0 bridgehead atoms. The number of hydrogen-bond donors (Lipinski definition) is 0. The Morgan fingerprint density at radius 3 is 2.17 bits per heavy atom. The van der Waals surface area contributed by atoms with E-state index in [0.717, 1.165) is 27.8 Å². The van der Waals surface area contributed by atoms with Crippen molar-refractivity contribution >= 4 is 5.78 Å². The van der Waals surface area contributed by atoms with Crippen LogP contribution in [0.4, 0.5) is 0 Å². The molecule has 0 N–H and O–H groups in total. The maximum atomic E-state index is 12.6. The van der Waals surface area contributed by atoms with Crippen LogP contribution in [0.15, 0.2) is 30.6 Å². The van der Waals surface area contributed by atoms with Gasteiger partial charge >= 0.3 is 0 Å². The summed E-state index contributed by atoms with van der Waals surface area (Å²) in [7, 11) is 0. The number of rotatable bonds is 2. The Hall–Kier alpha value is -1.96. The molecule has 0 aliphatic heterocycles. The van der Waals surface area contributed by atoms with Crippen molar-refractivity contribution in [3.63, 3.8) is 0 Å². The molecule has 18 heavy (non-hydrogen) atoms. The van der Waals surface area contributed by atoms with Crippen molar-refractivity contribution in [2.75, 3.05) is 0 Å². The quantitative estimate of drug-likeness (QED) is 0.750. The molecule has 2 aromatic rings. The minimum Gasteiger partial charge on any atom is -0.289 e.